The van der Waals surface area contributed by atoms with Crippen molar-refractivity contribution in [3.8, 4) is 17.2 Å². The van der Waals surface area contributed by atoms with Gasteiger partial charge in [0.1, 0.15) is 17.2 Å². The number of carboxylic acid groups (broad SMARTS) is 1. The highest BCUT2D eigenvalue weighted by Gasteiger charge is 2.32. The second-order valence-corrected chi connectivity index (χ2v) is 8.26. The summed E-state index contributed by atoms with van der Waals surface area (Å²) >= 11 is 0. The first-order valence-electron chi connectivity index (χ1n) is 11.1. The molecule has 3 rings (SSSR count). The summed E-state index contributed by atoms with van der Waals surface area (Å²) in [7, 11) is 1.21. The van der Waals surface area contributed by atoms with Crippen molar-refractivity contribution in [1.82, 2.24) is 5.32 Å². The first-order chi connectivity index (χ1) is 17.0. The van der Waals surface area contributed by atoms with E-state index in [9.17, 15) is 22.8 Å². The molecule has 0 saturated heterocycles. The van der Waals surface area contributed by atoms with E-state index in [-0.39, 0.29) is 17.7 Å². The van der Waals surface area contributed by atoms with E-state index in [1.54, 1.807) is 37.3 Å². The zero-order chi connectivity index (χ0) is 26.5. The molecule has 36 heavy (non-hydrogen) atoms. The number of hydrogen-bond acceptors (Lipinski definition) is 4. The van der Waals surface area contributed by atoms with E-state index in [0.29, 0.717) is 17.9 Å². The molecule has 1 atom stereocenters. The van der Waals surface area contributed by atoms with Crippen molar-refractivity contribution in [2.24, 2.45) is 0 Å². The van der Waals surface area contributed by atoms with Crippen molar-refractivity contribution in [2.45, 2.75) is 38.9 Å². The zero-order valence-corrected chi connectivity index (χ0v) is 20.0. The van der Waals surface area contributed by atoms with E-state index < -0.39 is 29.7 Å². The lowest BCUT2D eigenvalue weighted by Crippen LogP contribution is -2.27. The number of ether oxygens (including phenoxy) is 2. The fourth-order valence-electron chi connectivity index (χ4n) is 3.65. The lowest BCUT2D eigenvalue weighted by Gasteiger charge is -2.18. The molecule has 0 saturated carbocycles. The van der Waals surface area contributed by atoms with Crippen molar-refractivity contribution in [3.63, 3.8) is 0 Å². The second kappa shape index (κ2) is 11.2. The van der Waals surface area contributed by atoms with Gasteiger partial charge in [-0.1, -0.05) is 18.2 Å². The molecule has 0 aliphatic rings. The molecule has 0 radical (unpaired) electrons. The van der Waals surface area contributed by atoms with Gasteiger partial charge in [0.05, 0.1) is 24.3 Å². The van der Waals surface area contributed by atoms with Crippen LogP contribution in [0.2, 0.25) is 0 Å². The summed E-state index contributed by atoms with van der Waals surface area (Å²) in [5.74, 6) is -0.501. The number of rotatable bonds is 9. The molecule has 3 aromatic carbocycles. The van der Waals surface area contributed by atoms with E-state index in [0.717, 1.165) is 34.9 Å². The molecular formula is C27H26F3NO5. The summed E-state index contributed by atoms with van der Waals surface area (Å²) in [5.41, 5.74) is 1.65. The average molecular weight is 502 g/mol. The monoisotopic (exact) mass is 501 g/mol. The summed E-state index contributed by atoms with van der Waals surface area (Å²) in [6.45, 7) is 3.63. The fraction of sp³-hybridized carbons (Fsp3) is 0.259. The van der Waals surface area contributed by atoms with Crippen LogP contribution in [0.4, 0.5) is 13.2 Å². The van der Waals surface area contributed by atoms with Crippen LogP contribution < -0.4 is 14.8 Å². The van der Waals surface area contributed by atoms with Gasteiger partial charge < -0.3 is 19.9 Å². The average Bonchev–Trinajstić information content (AvgIpc) is 2.82. The number of carbonyl (C=O) groups is 2. The predicted molar refractivity (Wildman–Crippen MR) is 128 cm³/mol. The number of benzene rings is 3. The first-order valence-corrected chi connectivity index (χ1v) is 11.1. The van der Waals surface area contributed by atoms with Crippen LogP contribution in [0, 0.1) is 6.92 Å². The minimum absolute atomic E-state index is 0.0109. The van der Waals surface area contributed by atoms with Gasteiger partial charge in [0.15, 0.2) is 0 Å². The van der Waals surface area contributed by atoms with Crippen LogP contribution in [0.15, 0.2) is 60.7 Å². The maximum atomic E-state index is 13.0. The van der Waals surface area contributed by atoms with E-state index in [4.69, 9.17) is 14.6 Å². The van der Waals surface area contributed by atoms with Crippen molar-refractivity contribution in [1.29, 1.82) is 0 Å². The largest absolute Gasteiger partial charge is 0.496 e. The summed E-state index contributed by atoms with van der Waals surface area (Å²) in [5, 5.41) is 11.6. The van der Waals surface area contributed by atoms with Crippen molar-refractivity contribution >= 4 is 11.9 Å². The second-order valence-electron chi connectivity index (χ2n) is 8.26. The highest BCUT2D eigenvalue weighted by atomic mass is 19.4. The van der Waals surface area contributed by atoms with Gasteiger partial charge in [0.2, 0.25) is 0 Å². The lowest BCUT2D eigenvalue weighted by atomic mass is 10.0. The highest BCUT2D eigenvalue weighted by molar-refractivity contribution is 5.97. The normalized spacial score (nSPS) is 12.1. The number of carboxylic acids is 1. The molecule has 9 heteroatoms. The van der Waals surface area contributed by atoms with Gasteiger partial charge >= 0.3 is 12.1 Å². The van der Waals surface area contributed by atoms with Gasteiger partial charge in [0, 0.05) is 6.42 Å². The molecule has 2 N–H and O–H groups in total. The van der Waals surface area contributed by atoms with Gasteiger partial charge in [0.25, 0.3) is 5.91 Å². The number of nitrogens with one attached hydrogen (secondary N) is 1. The standard InChI is InChI=1S/C27H26F3NO5/c1-16-13-22(10-7-18(16)8-12-25(32)33)36-21-6-4-5-19(14-21)17(2)31-26(34)23-11-9-20(27(28,29)30)15-24(23)35-3/h4-7,9-11,13-15,17H,8,12H2,1-3H3,(H,31,34)(H,32,33). The van der Waals surface area contributed by atoms with Gasteiger partial charge in [-0.05, 0) is 79.4 Å². The predicted octanol–water partition coefficient (Wildman–Crippen LogP) is 6.32. The molecule has 6 nitrogen and oxygen atoms in total. The Kier molecular flexibility index (Phi) is 8.24. The quantitative estimate of drug-likeness (QED) is 0.358. The topological polar surface area (TPSA) is 84.9 Å². The Morgan fingerprint density at radius 1 is 1.03 bits per heavy atom. The number of carbonyl (C=O) groups excluding carboxylic acids is 1. The van der Waals surface area contributed by atoms with E-state index >= 15 is 0 Å². The Bertz CT molecular complexity index is 1260. The Morgan fingerprint density at radius 2 is 1.75 bits per heavy atom. The molecule has 0 aromatic heterocycles. The van der Waals surface area contributed by atoms with E-state index in [2.05, 4.69) is 5.32 Å². The lowest BCUT2D eigenvalue weighted by molar-refractivity contribution is -0.138. The third-order valence-electron chi connectivity index (χ3n) is 5.64. The molecule has 3 aromatic rings. The summed E-state index contributed by atoms with van der Waals surface area (Å²) in [6, 6.07) is 14.7. The van der Waals surface area contributed by atoms with Gasteiger partial charge in [-0.3, -0.25) is 9.59 Å². The van der Waals surface area contributed by atoms with Crippen molar-refractivity contribution in [3.05, 3.63) is 88.5 Å². The van der Waals surface area contributed by atoms with Crippen LogP contribution in [-0.4, -0.2) is 24.1 Å². The van der Waals surface area contributed by atoms with Crippen LogP contribution in [0.5, 0.6) is 17.2 Å². The molecule has 0 aliphatic heterocycles. The third kappa shape index (κ3) is 6.78. The molecule has 0 fully saturated rings. The van der Waals surface area contributed by atoms with E-state index in [1.165, 1.54) is 7.11 Å². The van der Waals surface area contributed by atoms with Gasteiger partial charge in [-0.15, -0.1) is 0 Å². The SMILES string of the molecule is COc1cc(C(F)(F)F)ccc1C(=O)NC(C)c1cccc(Oc2ccc(CCC(=O)O)c(C)c2)c1. The molecule has 1 amide bonds. The van der Waals surface area contributed by atoms with E-state index in [1.807, 2.05) is 19.1 Å². The molecule has 0 bridgehead atoms. The number of alkyl halides is 3. The number of amides is 1. The Morgan fingerprint density at radius 3 is 2.39 bits per heavy atom. The molecule has 190 valence electrons. The summed E-state index contributed by atoms with van der Waals surface area (Å²) in [6.07, 6.45) is -4.07. The first kappa shape index (κ1) is 26.6. The number of methoxy groups -OCH3 is 1. The maximum absolute atomic E-state index is 13.0. The van der Waals surface area contributed by atoms with Crippen LogP contribution in [0.3, 0.4) is 0 Å². The minimum atomic E-state index is -4.55. The molecule has 0 heterocycles. The minimum Gasteiger partial charge on any atom is -0.496 e. The number of hydrogen-bond donors (Lipinski definition) is 2. The highest BCUT2D eigenvalue weighted by Crippen LogP contribution is 2.33. The Hall–Kier alpha value is -4.01. The maximum Gasteiger partial charge on any atom is 0.416 e. The number of aliphatic carboxylic acids is 1. The number of halogens is 3. The van der Waals surface area contributed by atoms with Crippen LogP contribution in [-0.2, 0) is 17.4 Å². The summed E-state index contributed by atoms with van der Waals surface area (Å²) in [4.78, 5) is 23.6. The Balaban J connectivity index is 1.71. The zero-order valence-electron chi connectivity index (χ0n) is 20.0. The third-order valence-corrected chi connectivity index (χ3v) is 5.64. The molecule has 1 unspecified atom stereocenters. The molecular weight excluding hydrogens is 475 g/mol. The summed E-state index contributed by atoms with van der Waals surface area (Å²) < 4.78 is 49.9. The molecule has 0 spiro atoms. The smallest absolute Gasteiger partial charge is 0.416 e. The van der Waals surface area contributed by atoms with Crippen LogP contribution in [0.25, 0.3) is 0 Å². The Labute approximate surface area is 206 Å². The van der Waals surface area contributed by atoms with Gasteiger partial charge in [-0.25, -0.2) is 0 Å². The van der Waals surface area contributed by atoms with Crippen LogP contribution >= 0.6 is 0 Å². The van der Waals surface area contributed by atoms with Crippen molar-refractivity contribution < 1.29 is 37.3 Å². The van der Waals surface area contributed by atoms with Gasteiger partial charge in [-0.2, -0.15) is 13.2 Å². The van der Waals surface area contributed by atoms with Crippen LogP contribution in [0.1, 0.15) is 52.0 Å². The fourth-order valence-corrected chi connectivity index (χ4v) is 3.65. The number of aryl methyl sites for hydroxylation is 2. The molecule has 0 aliphatic carbocycles. The van der Waals surface area contributed by atoms with Crippen molar-refractivity contribution in [2.75, 3.05) is 7.11 Å².